The molecule has 1 aromatic rings. The topological polar surface area (TPSA) is 156 Å². The molecule has 0 aliphatic heterocycles. The molecular formula is C14H19N5O4. The molecule has 0 bridgehead atoms. The van der Waals surface area contributed by atoms with Gasteiger partial charge >= 0.3 is 0 Å². The lowest BCUT2D eigenvalue weighted by atomic mass is 10.1. The molecule has 0 aromatic heterocycles. The molecule has 1 aromatic carbocycles. The van der Waals surface area contributed by atoms with Crippen molar-refractivity contribution in [3.05, 3.63) is 29.8 Å². The molecule has 1 atom stereocenters. The van der Waals surface area contributed by atoms with E-state index in [0.29, 0.717) is 5.69 Å². The van der Waals surface area contributed by atoms with Crippen LogP contribution in [0.1, 0.15) is 30.1 Å². The minimum absolute atomic E-state index is 0.0358. The van der Waals surface area contributed by atoms with Gasteiger partial charge in [0.1, 0.15) is 6.04 Å². The number of hydrogen-bond acceptors (Lipinski definition) is 5. The summed E-state index contributed by atoms with van der Waals surface area (Å²) < 4.78 is 0. The van der Waals surface area contributed by atoms with Crippen molar-refractivity contribution < 1.29 is 19.2 Å². The maximum Gasteiger partial charge on any atom is 0.256 e. The van der Waals surface area contributed by atoms with Gasteiger partial charge in [0.15, 0.2) is 0 Å². The van der Waals surface area contributed by atoms with Crippen LogP contribution in [0.15, 0.2) is 24.3 Å². The van der Waals surface area contributed by atoms with Crippen LogP contribution in [0, 0.1) is 0 Å². The Morgan fingerprint density at radius 2 is 1.74 bits per heavy atom. The largest absolute Gasteiger partial charge is 0.370 e. The number of carbonyl (C=O) groups is 4. The molecule has 23 heavy (non-hydrogen) atoms. The van der Waals surface area contributed by atoms with Gasteiger partial charge < -0.3 is 16.4 Å². The van der Waals surface area contributed by atoms with E-state index in [4.69, 9.17) is 11.6 Å². The molecule has 1 unspecified atom stereocenters. The fourth-order valence-electron chi connectivity index (χ4n) is 1.81. The van der Waals surface area contributed by atoms with Gasteiger partial charge in [-0.25, -0.2) is 5.84 Å². The zero-order chi connectivity index (χ0) is 17.4. The summed E-state index contributed by atoms with van der Waals surface area (Å²) in [6.45, 7) is 1.37. The molecule has 9 heteroatoms. The van der Waals surface area contributed by atoms with E-state index >= 15 is 0 Å². The van der Waals surface area contributed by atoms with E-state index in [1.54, 1.807) is 12.1 Å². The monoisotopic (exact) mass is 321 g/mol. The van der Waals surface area contributed by atoms with Gasteiger partial charge in [-0.2, -0.15) is 0 Å². The van der Waals surface area contributed by atoms with Crippen molar-refractivity contribution in [2.45, 2.75) is 25.8 Å². The SMILES string of the molecule is CC(=O)Nc1ccc(C(=O)NC(CCC(N)=O)C(=O)NN)cc1. The lowest BCUT2D eigenvalue weighted by Gasteiger charge is -2.16. The number of nitrogens with one attached hydrogen (secondary N) is 3. The number of benzene rings is 1. The number of amides is 4. The first kappa shape index (κ1) is 18.1. The fourth-order valence-corrected chi connectivity index (χ4v) is 1.81. The van der Waals surface area contributed by atoms with E-state index in [1.807, 2.05) is 5.43 Å². The number of carbonyl (C=O) groups excluding carboxylic acids is 4. The quantitative estimate of drug-likeness (QED) is 0.247. The van der Waals surface area contributed by atoms with E-state index in [0.717, 1.165) is 0 Å². The summed E-state index contributed by atoms with van der Waals surface area (Å²) in [6, 6.07) is 5.11. The summed E-state index contributed by atoms with van der Waals surface area (Å²) in [4.78, 5) is 45.5. The minimum atomic E-state index is -0.977. The smallest absolute Gasteiger partial charge is 0.256 e. The second kappa shape index (κ2) is 8.49. The minimum Gasteiger partial charge on any atom is -0.370 e. The van der Waals surface area contributed by atoms with Crippen LogP contribution in [-0.4, -0.2) is 29.7 Å². The van der Waals surface area contributed by atoms with Crippen molar-refractivity contribution in [1.82, 2.24) is 10.7 Å². The van der Waals surface area contributed by atoms with Crippen molar-refractivity contribution in [2.75, 3.05) is 5.32 Å². The van der Waals surface area contributed by atoms with Gasteiger partial charge in [0, 0.05) is 24.6 Å². The van der Waals surface area contributed by atoms with Crippen LogP contribution in [0.4, 0.5) is 5.69 Å². The maximum absolute atomic E-state index is 12.1. The predicted molar refractivity (Wildman–Crippen MR) is 82.8 cm³/mol. The van der Waals surface area contributed by atoms with Gasteiger partial charge in [-0.05, 0) is 30.7 Å². The molecule has 0 aliphatic carbocycles. The molecule has 0 fully saturated rings. The van der Waals surface area contributed by atoms with Crippen LogP contribution < -0.4 is 27.6 Å². The highest BCUT2D eigenvalue weighted by molar-refractivity contribution is 5.98. The molecule has 0 radical (unpaired) electrons. The number of nitrogens with two attached hydrogens (primary N) is 2. The number of rotatable bonds is 7. The molecule has 0 heterocycles. The van der Waals surface area contributed by atoms with Crippen molar-refractivity contribution in [1.29, 1.82) is 0 Å². The summed E-state index contributed by atoms with van der Waals surface area (Å²) in [5.41, 5.74) is 7.78. The lowest BCUT2D eigenvalue weighted by Crippen LogP contribution is -2.49. The van der Waals surface area contributed by atoms with Crippen molar-refractivity contribution >= 4 is 29.3 Å². The number of hydrazine groups is 1. The summed E-state index contributed by atoms with van der Waals surface area (Å²) in [5, 5.41) is 5.04. The third-order valence-electron chi connectivity index (χ3n) is 2.91. The van der Waals surface area contributed by atoms with E-state index < -0.39 is 23.8 Å². The highest BCUT2D eigenvalue weighted by Crippen LogP contribution is 2.10. The number of hydrogen-bond donors (Lipinski definition) is 5. The van der Waals surface area contributed by atoms with E-state index in [2.05, 4.69) is 10.6 Å². The van der Waals surface area contributed by atoms with E-state index in [9.17, 15) is 19.2 Å². The lowest BCUT2D eigenvalue weighted by molar-refractivity contribution is -0.123. The standard InChI is InChI=1S/C14H19N5O4/c1-8(20)17-10-4-2-9(3-5-10)13(22)18-11(14(23)19-16)6-7-12(15)21/h2-5,11H,6-7,16H2,1H3,(H2,15,21)(H,17,20)(H,18,22)(H,19,23). The van der Waals surface area contributed by atoms with Crippen LogP contribution in [-0.2, 0) is 14.4 Å². The van der Waals surface area contributed by atoms with Crippen molar-refractivity contribution in [2.24, 2.45) is 11.6 Å². The Balaban J connectivity index is 2.75. The molecule has 0 saturated heterocycles. The third kappa shape index (κ3) is 6.14. The zero-order valence-electron chi connectivity index (χ0n) is 12.6. The number of anilines is 1. The van der Waals surface area contributed by atoms with Crippen molar-refractivity contribution in [3.8, 4) is 0 Å². The Morgan fingerprint density at radius 3 is 2.22 bits per heavy atom. The molecule has 0 saturated carbocycles. The predicted octanol–water partition coefficient (Wildman–Crippen LogP) is -1.00. The Bertz CT molecular complexity index is 600. The van der Waals surface area contributed by atoms with Crippen molar-refractivity contribution in [3.63, 3.8) is 0 Å². The first-order valence-electron chi connectivity index (χ1n) is 6.80. The molecule has 0 spiro atoms. The summed E-state index contributed by atoms with van der Waals surface area (Å²) in [7, 11) is 0. The van der Waals surface area contributed by atoms with Crippen LogP contribution in [0.3, 0.4) is 0 Å². The number of primary amides is 1. The van der Waals surface area contributed by atoms with Gasteiger partial charge in [-0.15, -0.1) is 0 Å². The third-order valence-corrected chi connectivity index (χ3v) is 2.91. The maximum atomic E-state index is 12.1. The first-order valence-corrected chi connectivity index (χ1v) is 6.80. The van der Waals surface area contributed by atoms with Crippen LogP contribution >= 0.6 is 0 Å². The van der Waals surface area contributed by atoms with Crippen LogP contribution in [0.5, 0.6) is 0 Å². The first-order chi connectivity index (χ1) is 10.8. The highest BCUT2D eigenvalue weighted by atomic mass is 16.2. The normalized spacial score (nSPS) is 11.2. The summed E-state index contributed by atoms with van der Waals surface area (Å²) >= 11 is 0. The van der Waals surface area contributed by atoms with Gasteiger partial charge in [0.25, 0.3) is 11.8 Å². The molecule has 0 aliphatic rings. The van der Waals surface area contributed by atoms with E-state index in [1.165, 1.54) is 19.1 Å². The van der Waals surface area contributed by atoms with Crippen LogP contribution in [0.2, 0.25) is 0 Å². The molecule has 7 N–H and O–H groups in total. The molecule has 9 nitrogen and oxygen atoms in total. The van der Waals surface area contributed by atoms with Gasteiger partial charge in [0.05, 0.1) is 0 Å². The fraction of sp³-hybridized carbons (Fsp3) is 0.286. The van der Waals surface area contributed by atoms with Crippen LogP contribution in [0.25, 0.3) is 0 Å². The average molecular weight is 321 g/mol. The molecule has 4 amide bonds. The second-order valence-electron chi connectivity index (χ2n) is 4.80. The molecular weight excluding hydrogens is 302 g/mol. The Hall–Kier alpha value is -2.94. The second-order valence-corrected chi connectivity index (χ2v) is 4.80. The summed E-state index contributed by atoms with van der Waals surface area (Å²) in [5.74, 6) is 3.09. The highest BCUT2D eigenvalue weighted by Gasteiger charge is 2.21. The van der Waals surface area contributed by atoms with Gasteiger partial charge in [-0.1, -0.05) is 0 Å². The Labute approximate surface area is 132 Å². The van der Waals surface area contributed by atoms with Gasteiger partial charge in [-0.3, -0.25) is 24.6 Å². The molecule has 1 rings (SSSR count). The van der Waals surface area contributed by atoms with E-state index in [-0.39, 0.29) is 24.3 Å². The Morgan fingerprint density at radius 1 is 1.13 bits per heavy atom. The average Bonchev–Trinajstić information content (AvgIpc) is 2.50. The zero-order valence-corrected chi connectivity index (χ0v) is 12.6. The Kier molecular flexibility index (Phi) is 6.68. The molecule has 124 valence electrons. The summed E-state index contributed by atoms with van der Waals surface area (Å²) in [6.07, 6.45) is -0.0338. The van der Waals surface area contributed by atoms with Gasteiger partial charge in [0.2, 0.25) is 11.8 Å².